The van der Waals surface area contributed by atoms with Crippen LogP contribution in [0.4, 0.5) is 9.18 Å². The van der Waals surface area contributed by atoms with Gasteiger partial charge in [0.05, 0.1) is 26.5 Å². The molecule has 3 rings (SSSR count). The van der Waals surface area contributed by atoms with E-state index in [4.69, 9.17) is 18.9 Å². The summed E-state index contributed by atoms with van der Waals surface area (Å²) in [7, 11) is 1.51. The van der Waals surface area contributed by atoms with Crippen molar-refractivity contribution in [3.8, 4) is 11.5 Å². The Bertz CT molecular complexity index is 1280. The van der Waals surface area contributed by atoms with E-state index >= 15 is 0 Å². The summed E-state index contributed by atoms with van der Waals surface area (Å²) in [4.78, 5) is 25.2. The number of amides is 2. The van der Waals surface area contributed by atoms with Crippen LogP contribution >= 0.6 is 0 Å². The molecule has 3 aromatic rings. The van der Waals surface area contributed by atoms with Crippen LogP contribution in [-0.2, 0) is 27.5 Å². The summed E-state index contributed by atoms with van der Waals surface area (Å²) in [5.41, 5.74) is 4.05. The molecular weight excluding hydrogens is 517 g/mol. The predicted octanol–water partition coefficient (Wildman–Crippen LogP) is 4.97. The Balaban J connectivity index is 1.60. The molecule has 3 aromatic carbocycles. The minimum Gasteiger partial charge on any atom is -0.493 e. The number of alkyl carbamates (subject to hydrolysis) is 1. The van der Waals surface area contributed by atoms with Gasteiger partial charge in [-0.1, -0.05) is 42.5 Å². The van der Waals surface area contributed by atoms with Crippen LogP contribution in [0.3, 0.4) is 0 Å². The summed E-state index contributed by atoms with van der Waals surface area (Å²) in [6.45, 7) is 5.59. The van der Waals surface area contributed by atoms with Crippen molar-refractivity contribution in [1.29, 1.82) is 0 Å². The Hall–Kier alpha value is -4.44. The van der Waals surface area contributed by atoms with Crippen molar-refractivity contribution < 1.29 is 32.9 Å². The van der Waals surface area contributed by atoms with E-state index in [0.717, 1.165) is 11.1 Å². The zero-order valence-electron chi connectivity index (χ0n) is 23.0. The van der Waals surface area contributed by atoms with Crippen LogP contribution < -0.4 is 20.2 Å². The number of carbonyl (C=O) groups excluding carboxylic acids is 2. The molecular formula is C30H34FN3O6. The Morgan fingerprint density at radius 3 is 2.33 bits per heavy atom. The van der Waals surface area contributed by atoms with Crippen LogP contribution in [0.1, 0.15) is 37.5 Å². The van der Waals surface area contributed by atoms with Crippen LogP contribution in [0.5, 0.6) is 11.5 Å². The monoisotopic (exact) mass is 551 g/mol. The third kappa shape index (κ3) is 10.4. The summed E-state index contributed by atoms with van der Waals surface area (Å²) in [6, 6.07) is 19.6. The molecule has 0 unspecified atom stereocenters. The molecule has 0 saturated heterocycles. The molecule has 0 bridgehead atoms. The van der Waals surface area contributed by atoms with E-state index in [1.807, 2.05) is 30.3 Å². The number of ether oxygens (including phenoxy) is 4. The summed E-state index contributed by atoms with van der Waals surface area (Å²) in [6.07, 6.45) is 0.681. The van der Waals surface area contributed by atoms with E-state index in [1.54, 1.807) is 51.1 Å². The van der Waals surface area contributed by atoms with E-state index in [0.29, 0.717) is 17.1 Å². The molecule has 1 atom stereocenters. The SMILES string of the molecule is COc1cc(/C=N\NC(=O)[C@H](COCc2ccccc2)NC(=O)OC(C)(C)C)ccc1OCc1ccc(F)cc1. The first-order valence-corrected chi connectivity index (χ1v) is 12.6. The number of carbonyl (C=O) groups is 2. The third-order valence-electron chi connectivity index (χ3n) is 5.29. The fraction of sp³-hybridized carbons (Fsp3) is 0.300. The van der Waals surface area contributed by atoms with Gasteiger partial charge in [-0.3, -0.25) is 4.79 Å². The molecule has 0 aliphatic rings. The van der Waals surface area contributed by atoms with Gasteiger partial charge in [0.15, 0.2) is 11.5 Å². The van der Waals surface area contributed by atoms with E-state index < -0.39 is 23.6 Å². The van der Waals surface area contributed by atoms with Crippen LogP contribution in [-0.4, -0.2) is 43.6 Å². The maximum Gasteiger partial charge on any atom is 0.408 e. The number of halogens is 1. The molecule has 0 spiro atoms. The highest BCUT2D eigenvalue weighted by molar-refractivity contribution is 5.87. The highest BCUT2D eigenvalue weighted by Gasteiger charge is 2.24. The molecule has 2 N–H and O–H groups in total. The van der Waals surface area contributed by atoms with Crippen molar-refractivity contribution in [2.24, 2.45) is 5.10 Å². The second-order valence-electron chi connectivity index (χ2n) is 9.76. The normalized spacial score (nSPS) is 12.0. The van der Waals surface area contributed by atoms with Gasteiger partial charge in [0.2, 0.25) is 0 Å². The quantitative estimate of drug-likeness (QED) is 0.243. The van der Waals surface area contributed by atoms with Crippen LogP contribution in [0, 0.1) is 5.82 Å². The highest BCUT2D eigenvalue weighted by Crippen LogP contribution is 2.28. The van der Waals surface area contributed by atoms with Gasteiger partial charge in [0.1, 0.15) is 24.1 Å². The van der Waals surface area contributed by atoms with Crippen molar-refractivity contribution in [3.63, 3.8) is 0 Å². The van der Waals surface area contributed by atoms with E-state index in [-0.39, 0.29) is 25.6 Å². The van der Waals surface area contributed by atoms with Gasteiger partial charge in [-0.2, -0.15) is 5.10 Å². The lowest BCUT2D eigenvalue weighted by Crippen LogP contribution is -2.49. The van der Waals surface area contributed by atoms with Gasteiger partial charge >= 0.3 is 6.09 Å². The van der Waals surface area contributed by atoms with Crippen LogP contribution in [0.25, 0.3) is 0 Å². The van der Waals surface area contributed by atoms with Crippen LogP contribution in [0.2, 0.25) is 0 Å². The first kappa shape index (κ1) is 30.1. The molecule has 0 radical (unpaired) electrons. The van der Waals surface area contributed by atoms with Gasteiger partial charge < -0.3 is 24.3 Å². The zero-order valence-corrected chi connectivity index (χ0v) is 23.0. The molecule has 10 heteroatoms. The molecule has 0 aromatic heterocycles. The van der Waals surface area contributed by atoms with E-state index in [1.165, 1.54) is 25.5 Å². The van der Waals surface area contributed by atoms with Gasteiger partial charge in [0.25, 0.3) is 5.91 Å². The van der Waals surface area contributed by atoms with E-state index in [9.17, 15) is 14.0 Å². The summed E-state index contributed by atoms with van der Waals surface area (Å²) >= 11 is 0. The average Bonchev–Trinajstić information content (AvgIpc) is 2.92. The molecule has 9 nitrogen and oxygen atoms in total. The Morgan fingerprint density at radius 2 is 1.65 bits per heavy atom. The number of hydrazone groups is 1. The van der Waals surface area contributed by atoms with Crippen molar-refractivity contribution >= 4 is 18.2 Å². The second-order valence-corrected chi connectivity index (χ2v) is 9.76. The minimum absolute atomic E-state index is 0.0938. The largest absolute Gasteiger partial charge is 0.493 e. The number of methoxy groups -OCH3 is 1. The van der Waals surface area contributed by atoms with Gasteiger partial charge in [-0.25, -0.2) is 14.6 Å². The number of hydrogen-bond donors (Lipinski definition) is 2. The number of hydrogen-bond acceptors (Lipinski definition) is 7. The number of nitrogens with zero attached hydrogens (tertiary/aromatic N) is 1. The molecule has 0 aliphatic carbocycles. The lowest BCUT2D eigenvalue weighted by Gasteiger charge is -2.22. The lowest BCUT2D eigenvalue weighted by molar-refractivity contribution is -0.124. The molecule has 0 heterocycles. The van der Waals surface area contributed by atoms with Crippen LogP contribution in [0.15, 0.2) is 77.9 Å². The Kier molecular flexibility index (Phi) is 11.0. The molecule has 0 saturated carbocycles. The zero-order chi connectivity index (χ0) is 29.0. The molecule has 0 aliphatic heterocycles. The second kappa shape index (κ2) is 14.6. The molecule has 40 heavy (non-hydrogen) atoms. The maximum absolute atomic E-state index is 13.1. The number of rotatable bonds is 12. The summed E-state index contributed by atoms with van der Waals surface area (Å²) < 4.78 is 35.3. The predicted molar refractivity (Wildman–Crippen MR) is 149 cm³/mol. The summed E-state index contributed by atoms with van der Waals surface area (Å²) in [5.74, 6) is 0.0477. The Labute approximate surface area is 233 Å². The minimum atomic E-state index is -1.05. The van der Waals surface area contributed by atoms with Gasteiger partial charge in [-0.05, 0) is 67.8 Å². The molecule has 2 amide bonds. The Morgan fingerprint density at radius 1 is 0.950 bits per heavy atom. The first-order chi connectivity index (χ1) is 19.1. The fourth-order valence-electron chi connectivity index (χ4n) is 3.38. The first-order valence-electron chi connectivity index (χ1n) is 12.6. The molecule has 212 valence electrons. The van der Waals surface area contributed by atoms with Crippen molar-refractivity contribution in [1.82, 2.24) is 10.7 Å². The van der Waals surface area contributed by atoms with Crippen molar-refractivity contribution in [3.05, 3.63) is 95.3 Å². The molecule has 0 fully saturated rings. The summed E-state index contributed by atoms with van der Waals surface area (Å²) in [5, 5.41) is 6.55. The lowest BCUT2D eigenvalue weighted by atomic mass is 10.2. The number of nitrogens with one attached hydrogen (secondary N) is 2. The highest BCUT2D eigenvalue weighted by atomic mass is 19.1. The fourth-order valence-corrected chi connectivity index (χ4v) is 3.38. The smallest absolute Gasteiger partial charge is 0.408 e. The topological polar surface area (TPSA) is 107 Å². The standard InChI is InChI=1S/C30H34FN3O6/c1-30(2,3)40-29(36)33-25(20-38-18-21-8-6-5-7-9-21)28(35)34-32-17-23-12-15-26(27(16-23)37-4)39-19-22-10-13-24(31)14-11-22/h5-17,25H,18-20H2,1-4H3,(H,33,36)(H,34,35)/b32-17-/t25-/m0/s1. The number of benzene rings is 3. The van der Waals surface area contributed by atoms with Crippen molar-refractivity contribution in [2.75, 3.05) is 13.7 Å². The maximum atomic E-state index is 13.1. The van der Waals surface area contributed by atoms with Gasteiger partial charge in [0, 0.05) is 0 Å². The average molecular weight is 552 g/mol. The third-order valence-corrected chi connectivity index (χ3v) is 5.29. The van der Waals surface area contributed by atoms with Gasteiger partial charge in [-0.15, -0.1) is 0 Å². The van der Waals surface area contributed by atoms with E-state index in [2.05, 4.69) is 15.8 Å². The van der Waals surface area contributed by atoms with Crippen molar-refractivity contribution in [2.45, 2.75) is 45.6 Å².